The highest BCUT2D eigenvalue weighted by Gasteiger charge is 2.27. The van der Waals surface area contributed by atoms with Crippen LogP contribution in [0.5, 0.6) is 0 Å². The van der Waals surface area contributed by atoms with Gasteiger partial charge in [-0.05, 0) is 52.4 Å². The van der Waals surface area contributed by atoms with E-state index in [1.807, 2.05) is 26.1 Å². The highest BCUT2D eigenvalue weighted by molar-refractivity contribution is 5.58. The van der Waals surface area contributed by atoms with Crippen LogP contribution in [0.3, 0.4) is 0 Å². The van der Waals surface area contributed by atoms with Crippen molar-refractivity contribution < 1.29 is 0 Å². The molecule has 1 saturated heterocycles. The average Bonchev–Trinajstić information content (AvgIpc) is 3.08. The number of pyridine rings is 1. The Morgan fingerprint density at radius 3 is 2.88 bits per heavy atom. The molecule has 6 heteroatoms. The summed E-state index contributed by atoms with van der Waals surface area (Å²) in [6.07, 6.45) is 6.19. The van der Waals surface area contributed by atoms with Gasteiger partial charge in [0.05, 0.1) is 5.56 Å². The SMILES string of the molecule is Cc1cc(C)c(C#N)c(N2CCCC(c3nccn3CCN(C)C)C2)n1. The Morgan fingerprint density at radius 2 is 2.15 bits per heavy atom. The van der Waals surface area contributed by atoms with E-state index in [2.05, 4.69) is 45.7 Å². The standard InChI is InChI=1S/C20H28N6/c1-15-12-16(2)23-20(18(15)13-21)26-8-5-6-17(14-26)19-22-7-9-25(19)11-10-24(3)4/h7,9,12,17H,5-6,8,10-11,14H2,1-4H3. The predicted molar refractivity (Wildman–Crippen MR) is 103 cm³/mol. The van der Waals surface area contributed by atoms with Gasteiger partial charge in [-0.1, -0.05) is 0 Å². The van der Waals surface area contributed by atoms with Crippen molar-refractivity contribution in [3.63, 3.8) is 0 Å². The molecule has 0 N–H and O–H groups in total. The van der Waals surface area contributed by atoms with E-state index >= 15 is 0 Å². The number of hydrogen-bond donors (Lipinski definition) is 0. The van der Waals surface area contributed by atoms with Gasteiger partial charge in [0.25, 0.3) is 0 Å². The van der Waals surface area contributed by atoms with E-state index in [1.54, 1.807) is 0 Å². The van der Waals surface area contributed by atoms with Crippen LogP contribution >= 0.6 is 0 Å². The third-order valence-corrected chi connectivity index (χ3v) is 5.06. The third-order valence-electron chi connectivity index (χ3n) is 5.06. The van der Waals surface area contributed by atoms with Crippen LogP contribution in [0.1, 0.15) is 41.4 Å². The van der Waals surface area contributed by atoms with Gasteiger partial charge in [-0.15, -0.1) is 0 Å². The molecule has 0 amide bonds. The monoisotopic (exact) mass is 352 g/mol. The molecule has 0 radical (unpaired) electrons. The van der Waals surface area contributed by atoms with E-state index in [4.69, 9.17) is 4.98 Å². The minimum absolute atomic E-state index is 0.370. The summed E-state index contributed by atoms with van der Waals surface area (Å²) in [4.78, 5) is 13.8. The van der Waals surface area contributed by atoms with E-state index in [9.17, 15) is 5.26 Å². The molecule has 3 heterocycles. The molecule has 1 aliphatic rings. The Bertz CT molecular complexity index is 801. The molecule has 2 aromatic heterocycles. The number of aryl methyl sites for hydroxylation is 2. The number of nitriles is 1. The molecule has 26 heavy (non-hydrogen) atoms. The van der Waals surface area contributed by atoms with Crippen molar-refractivity contribution in [2.45, 2.75) is 39.2 Å². The van der Waals surface area contributed by atoms with Gasteiger partial charge in [0, 0.05) is 50.2 Å². The van der Waals surface area contributed by atoms with Crippen molar-refractivity contribution in [2.75, 3.05) is 38.6 Å². The van der Waals surface area contributed by atoms with Crippen molar-refractivity contribution in [1.82, 2.24) is 19.4 Å². The lowest BCUT2D eigenvalue weighted by molar-refractivity contribution is 0.373. The summed E-state index contributed by atoms with van der Waals surface area (Å²) >= 11 is 0. The molecule has 0 spiro atoms. The molecular formula is C20H28N6. The lowest BCUT2D eigenvalue weighted by atomic mass is 9.96. The van der Waals surface area contributed by atoms with Gasteiger partial charge in [0.15, 0.2) is 0 Å². The largest absolute Gasteiger partial charge is 0.355 e. The molecule has 2 aromatic rings. The molecule has 0 saturated carbocycles. The predicted octanol–water partition coefficient (Wildman–Crippen LogP) is 2.71. The average molecular weight is 352 g/mol. The zero-order valence-corrected chi connectivity index (χ0v) is 16.2. The van der Waals surface area contributed by atoms with Crippen molar-refractivity contribution in [1.29, 1.82) is 5.26 Å². The van der Waals surface area contributed by atoms with Gasteiger partial charge < -0.3 is 14.4 Å². The summed E-state index contributed by atoms with van der Waals surface area (Å²) in [6, 6.07) is 4.34. The Kier molecular flexibility index (Phi) is 5.58. The second-order valence-corrected chi connectivity index (χ2v) is 7.46. The molecule has 138 valence electrons. The second kappa shape index (κ2) is 7.88. The fraction of sp³-hybridized carbons (Fsp3) is 0.550. The van der Waals surface area contributed by atoms with E-state index in [0.717, 1.165) is 61.9 Å². The molecule has 1 aliphatic heterocycles. The van der Waals surface area contributed by atoms with Crippen molar-refractivity contribution in [2.24, 2.45) is 0 Å². The number of anilines is 1. The van der Waals surface area contributed by atoms with Crippen LogP contribution in [-0.2, 0) is 6.54 Å². The summed E-state index contributed by atoms with van der Waals surface area (Å²) in [5, 5.41) is 9.60. The Balaban J connectivity index is 1.83. The molecule has 3 rings (SSSR count). The van der Waals surface area contributed by atoms with Crippen LogP contribution in [-0.4, -0.2) is 53.2 Å². The van der Waals surface area contributed by atoms with E-state index in [1.165, 1.54) is 0 Å². The summed E-state index contributed by atoms with van der Waals surface area (Å²) in [6.45, 7) is 7.74. The first-order valence-corrected chi connectivity index (χ1v) is 9.28. The van der Waals surface area contributed by atoms with Gasteiger partial charge in [0.2, 0.25) is 0 Å². The smallest absolute Gasteiger partial charge is 0.147 e. The van der Waals surface area contributed by atoms with Crippen molar-refractivity contribution >= 4 is 5.82 Å². The van der Waals surface area contributed by atoms with Gasteiger partial charge in [-0.3, -0.25) is 0 Å². The quantitative estimate of drug-likeness (QED) is 0.828. The number of imidazole rings is 1. The molecule has 1 fully saturated rings. The van der Waals surface area contributed by atoms with E-state index < -0.39 is 0 Å². The van der Waals surface area contributed by atoms with Crippen molar-refractivity contribution in [3.8, 4) is 6.07 Å². The molecule has 0 aromatic carbocycles. The van der Waals surface area contributed by atoms with Crippen LogP contribution in [0, 0.1) is 25.2 Å². The number of hydrogen-bond acceptors (Lipinski definition) is 5. The molecular weight excluding hydrogens is 324 g/mol. The summed E-state index contributed by atoms with van der Waals surface area (Å²) < 4.78 is 2.27. The molecule has 0 bridgehead atoms. The number of aromatic nitrogens is 3. The van der Waals surface area contributed by atoms with Gasteiger partial charge in [-0.25, -0.2) is 9.97 Å². The Morgan fingerprint density at radius 1 is 1.35 bits per heavy atom. The highest BCUT2D eigenvalue weighted by atomic mass is 15.2. The first kappa shape index (κ1) is 18.4. The first-order valence-electron chi connectivity index (χ1n) is 9.28. The van der Waals surface area contributed by atoms with Crippen LogP contribution in [0.4, 0.5) is 5.82 Å². The number of piperidine rings is 1. The van der Waals surface area contributed by atoms with Crippen LogP contribution in [0.2, 0.25) is 0 Å². The summed E-state index contributed by atoms with van der Waals surface area (Å²) in [5.74, 6) is 2.36. The summed E-state index contributed by atoms with van der Waals surface area (Å²) in [7, 11) is 4.18. The second-order valence-electron chi connectivity index (χ2n) is 7.46. The molecule has 6 nitrogen and oxygen atoms in total. The van der Waals surface area contributed by atoms with Gasteiger partial charge in [0.1, 0.15) is 17.7 Å². The Hall–Kier alpha value is -2.39. The lowest BCUT2D eigenvalue weighted by Crippen LogP contribution is -2.37. The maximum atomic E-state index is 9.60. The van der Waals surface area contributed by atoms with E-state index in [0.29, 0.717) is 11.5 Å². The summed E-state index contributed by atoms with van der Waals surface area (Å²) in [5.41, 5.74) is 2.67. The van der Waals surface area contributed by atoms with Crippen LogP contribution in [0.15, 0.2) is 18.5 Å². The molecule has 1 unspecified atom stereocenters. The highest BCUT2D eigenvalue weighted by Crippen LogP contribution is 2.31. The number of nitrogens with zero attached hydrogens (tertiary/aromatic N) is 6. The minimum atomic E-state index is 0.370. The lowest BCUT2D eigenvalue weighted by Gasteiger charge is -2.34. The van der Waals surface area contributed by atoms with Gasteiger partial charge >= 0.3 is 0 Å². The Labute approximate surface area is 156 Å². The maximum Gasteiger partial charge on any atom is 0.147 e. The molecule has 1 atom stereocenters. The zero-order chi connectivity index (χ0) is 18.7. The normalized spacial score (nSPS) is 17.5. The topological polar surface area (TPSA) is 61.0 Å². The van der Waals surface area contributed by atoms with E-state index in [-0.39, 0.29) is 0 Å². The zero-order valence-electron chi connectivity index (χ0n) is 16.2. The maximum absolute atomic E-state index is 9.60. The fourth-order valence-electron chi connectivity index (χ4n) is 3.74. The van der Waals surface area contributed by atoms with Crippen LogP contribution < -0.4 is 4.90 Å². The molecule has 0 aliphatic carbocycles. The van der Waals surface area contributed by atoms with Crippen molar-refractivity contribution in [3.05, 3.63) is 41.1 Å². The fourth-order valence-corrected chi connectivity index (χ4v) is 3.74. The van der Waals surface area contributed by atoms with Gasteiger partial charge in [-0.2, -0.15) is 5.26 Å². The number of rotatable bonds is 5. The first-order chi connectivity index (χ1) is 12.5. The minimum Gasteiger partial charge on any atom is -0.355 e. The van der Waals surface area contributed by atoms with Crippen LogP contribution in [0.25, 0.3) is 0 Å². The third kappa shape index (κ3) is 3.88. The number of likely N-dealkylation sites (N-methyl/N-ethyl adjacent to an activating group) is 1.